The number of aryl methyl sites for hydroxylation is 1. The van der Waals surface area contributed by atoms with Crippen LogP contribution in [0.25, 0.3) is 0 Å². The molecule has 1 unspecified atom stereocenters. The summed E-state index contributed by atoms with van der Waals surface area (Å²) in [4.78, 5) is 11.1. The van der Waals surface area contributed by atoms with Crippen LogP contribution >= 0.6 is 0 Å². The van der Waals surface area contributed by atoms with Gasteiger partial charge in [0.1, 0.15) is 11.3 Å². The minimum atomic E-state index is -2.92. The molecule has 6 heteroatoms. The normalized spacial score (nSPS) is 12.2. The van der Waals surface area contributed by atoms with Gasteiger partial charge in [0.05, 0.1) is 16.8 Å². The standard InChI is InChI=1S/C8H11NO4S.2C2H6/c1-5-6(8(10)12-2)4-7(13-5)14(3,9)11;2*1-2/h4H,3H2,1-2H3,(H2,9,11);2*1-2H3. The predicted octanol–water partition coefficient (Wildman–Crippen LogP) is 2.38. The third kappa shape index (κ3) is 5.37. The second kappa shape index (κ2) is 8.77. The highest BCUT2D eigenvalue weighted by Crippen LogP contribution is 2.18. The lowest BCUT2D eigenvalue weighted by Gasteiger charge is -1.93. The van der Waals surface area contributed by atoms with E-state index in [0.717, 1.165) is 0 Å². The van der Waals surface area contributed by atoms with Gasteiger partial charge in [-0.2, -0.15) is 0 Å². The van der Waals surface area contributed by atoms with E-state index in [4.69, 9.17) is 9.56 Å². The number of rotatable bonds is 2. The van der Waals surface area contributed by atoms with E-state index in [1.165, 1.54) is 13.2 Å². The van der Waals surface area contributed by atoms with Gasteiger partial charge in [-0.25, -0.2) is 9.00 Å². The lowest BCUT2D eigenvalue weighted by molar-refractivity contribution is 0.0599. The maximum absolute atomic E-state index is 11.3. The van der Waals surface area contributed by atoms with Gasteiger partial charge in [-0.15, -0.1) is 0 Å². The fourth-order valence-corrected chi connectivity index (χ4v) is 1.52. The van der Waals surface area contributed by atoms with Crippen molar-refractivity contribution in [3.63, 3.8) is 0 Å². The van der Waals surface area contributed by atoms with Crippen LogP contribution in [0.5, 0.6) is 0 Å². The SMILES string of the molecule is C=S(N)(=O)c1cc(C(=O)OC)c(C)o1.CC.CC. The van der Waals surface area contributed by atoms with Gasteiger partial charge in [0.2, 0.25) is 0 Å². The molecule has 18 heavy (non-hydrogen) atoms. The Morgan fingerprint density at radius 3 is 2.11 bits per heavy atom. The van der Waals surface area contributed by atoms with Gasteiger partial charge in [0, 0.05) is 6.07 Å². The van der Waals surface area contributed by atoms with Gasteiger partial charge in [0.15, 0.2) is 5.09 Å². The zero-order chi connectivity index (χ0) is 14.9. The molecule has 2 N–H and O–H groups in total. The maximum atomic E-state index is 11.3. The van der Waals surface area contributed by atoms with Crippen molar-refractivity contribution in [3.8, 4) is 0 Å². The van der Waals surface area contributed by atoms with Crippen molar-refractivity contribution in [2.75, 3.05) is 7.11 Å². The first-order valence-electron chi connectivity index (χ1n) is 5.70. The highest BCUT2D eigenvalue weighted by atomic mass is 32.2. The third-order valence-electron chi connectivity index (χ3n) is 1.64. The van der Waals surface area contributed by atoms with Gasteiger partial charge in [-0.3, -0.25) is 5.14 Å². The van der Waals surface area contributed by atoms with Crippen LogP contribution in [0.15, 0.2) is 15.6 Å². The Hall–Kier alpha value is -1.27. The largest absolute Gasteiger partial charge is 0.465 e. The van der Waals surface area contributed by atoms with Crippen molar-refractivity contribution in [1.82, 2.24) is 0 Å². The van der Waals surface area contributed by atoms with Crippen LogP contribution in [0, 0.1) is 6.92 Å². The van der Waals surface area contributed by atoms with E-state index in [-0.39, 0.29) is 10.7 Å². The molecular weight excluding hydrogens is 254 g/mol. The summed E-state index contributed by atoms with van der Waals surface area (Å²) in [5.74, 6) is 3.00. The summed E-state index contributed by atoms with van der Waals surface area (Å²) in [7, 11) is -1.67. The molecule has 0 spiro atoms. The topological polar surface area (TPSA) is 82.5 Å². The van der Waals surface area contributed by atoms with Gasteiger partial charge in [-0.1, -0.05) is 27.7 Å². The highest BCUT2D eigenvalue weighted by Gasteiger charge is 2.18. The zero-order valence-corrected chi connectivity index (χ0v) is 12.7. The Morgan fingerprint density at radius 2 is 1.83 bits per heavy atom. The summed E-state index contributed by atoms with van der Waals surface area (Å²) < 4.78 is 20.8. The van der Waals surface area contributed by atoms with E-state index in [0.29, 0.717) is 5.76 Å². The number of nitrogens with two attached hydrogens (primary N) is 1. The first-order valence-corrected chi connectivity index (χ1v) is 7.49. The first-order chi connectivity index (χ1) is 8.36. The molecule has 0 aliphatic carbocycles. The third-order valence-corrected chi connectivity index (χ3v) is 2.52. The van der Waals surface area contributed by atoms with Gasteiger partial charge < -0.3 is 9.15 Å². The highest BCUT2D eigenvalue weighted by molar-refractivity contribution is 7.98. The van der Waals surface area contributed by atoms with E-state index in [2.05, 4.69) is 10.6 Å². The maximum Gasteiger partial charge on any atom is 0.341 e. The predicted molar refractivity (Wildman–Crippen MR) is 75.2 cm³/mol. The smallest absolute Gasteiger partial charge is 0.341 e. The molecular formula is C12H23NO4S. The van der Waals surface area contributed by atoms with Crippen LogP contribution < -0.4 is 5.14 Å². The number of carbonyl (C=O) groups is 1. The number of carbonyl (C=O) groups excluding carboxylic acids is 1. The molecule has 0 aliphatic heterocycles. The average Bonchev–Trinajstić information content (AvgIpc) is 2.75. The van der Waals surface area contributed by atoms with Crippen molar-refractivity contribution in [2.45, 2.75) is 39.7 Å². The number of ether oxygens (including phenoxy) is 1. The zero-order valence-electron chi connectivity index (χ0n) is 11.9. The van der Waals surface area contributed by atoms with Crippen molar-refractivity contribution in [1.29, 1.82) is 0 Å². The van der Waals surface area contributed by atoms with Crippen LogP contribution in [0.3, 0.4) is 0 Å². The molecule has 1 aromatic heterocycles. The molecule has 0 saturated carbocycles. The Bertz CT molecular complexity index is 460. The van der Waals surface area contributed by atoms with E-state index in [9.17, 15) is 9.00 Å². The number of hydrogen-bond donors (Lipinski definition) is 1. The summed E-state index contributed by atoms with van der Waals surface area (Å²) in [6, 6.07) is 1.29. The minimum absolute atomic E-state index is 0.00426. The van der Waals surface area contributed by atoms with Gasteiger partial charge in [0.25, 0.3) is 0 Å². The molecule has 1 heterocycles. The van der Waals surface area contributed by atoms with E-state index >= 15 is 0 Å². The Balaban J connectivity index is 0. The number of furan rings is 1. The van der Waals surface area contributed by atoms with E-state index in [1.807, 2.05) is 27.7 Å². The second-order valence-corrected chi connectivity index (χ2v) is 4.61. The molecule has 1 rings (SSSR count). The van der Waals surface area contributed by atoms with Crippen molar-refractivity contribution < 1.29 is 18.2 Å². The molecule has 5 nitrogen and oxygen atoms in total. The summed E-state index contributed by atoms with van der Waals surface area (Å²) in [6.07, 6.45) is 0. The summed E-state index contributed by atoms with van der Waals surface area (Å²) in [5.41, 5.74) is 0.212. The molecule has 0 amide bonds. The molecule has 1 atom stereocenters. The molecule has 1 aromatic rings. The van der Waals surface area contributed by atoms with Crippen LogP contribution in [-0.4, -0.2) is 23.2 Å². The fourth-order valence-electron chi connectivity index (χ4n) is 0.938. The van der Waals surface area contributed by atoms with E-state index in [1.54, 1.807) is 6.92 Å². The average molecular weight is 277 g/mol. The van der Waals surface area contributed by atoms with Crippen molar-refractivity contribution >= 4 is 21.5 Å². The first kappa shape index (κ1) is 19.1. The van der Waals surface area contributed by atoms with Crippen molar-refractivity contribution in [2.24, 2.45) is 5.14 Å². The van der Waals surface area contributed by atoms with Gasteiger partial charge in [-0.05, 0) is 12.8 Å². The molecule has 0 fully saturated rings. The molecule has 0 aliphatic rings. The van der Waals surface area contributed by atoms with E-state index < -0.39 is 15.7 Å². The Morgan fingerprint density at radius 1 is 1.39 bits per heavy atom. The molecule has 106 valence electrons. The number of esters is 1. The Kier molecular flexibility index (Phi) is 9.29. The van der Waals surface area contributed by atoms with Crippen molar-refractivity contribution in [3.05, 3.63) is 17.4 Å². The fraction of sp³-hybridized carbons (Fsp3) is 0.500. The monoisotopic (exact) mass is 277 g/mol. The van der Waals surface area contributed by atoms with Crippen LogP contribution in [0.2, 0.25) is 0 Å². The van der Waals surface area contributed by atoms with Gasteiger partial charge >= 0.3 is 5.97 Å². The van der Waals surface area contributed by atoms with Crippen LogP contribution in [0.1, 0.15) is 43.8 Å². The summed E-state index contributed by atoms with van der Waals surface area (Å²) in [6.45, 7) is 9.56. The lowest BCUT2D eigenvalue weighted by atomic mass is 10.3. The second-order valence-electron chi connectivity index (χ2n) is 2.75. The summed E-state index contributed by atoms with van der Waals surface area (Å²) >= 11 is 0. The Labute approximate surface area is 109 Å². The number of methoxy groups -OCH3 is 1. The lowest BCUT2D eigenvalue weighted by Crippen LogP contribution is -2.10. The van der Waals surface area contributed by atoms with Crippen LogP contribution in [0.4, 0.5) is 0 Å². The molecule has 0 radical (unpaired) electrons. The number of hydrogen-bond acceptors (Lipinski definition) is 4. The minimum Gasteiger partial charge on any atom is -0.465 e. The van der Waals surface area contributed by atoms with Crippen LogP contribution in [-0.2, 0) is 14.4 Å². The quantitative estimate of drug-likeness (QED) is 0.664. The molecule has 0 saturated heterocycles. The molecule has 0 aromatic carbocycles. The summed E-state index contributed by atoms with van der Waals surface area (Å²) in [5, 5.41) is 5.25. The molecule has 0 bridgehead atoms.